The Hall–Kier alpha value is -3.95. The zero-order valence-electron chi connectivity index (χ0n) is 23.8. The molecule has 3 aromatic heterocycles. The number of rotatable bonds is 6. The number of hydrogen-bond donors (Lipinski definition) is 1. The summed E-state index contributed by atoms with van der Waals surface area (Å²) in [7, 11) is 0.453. The van der Waals surface area contributed by atoms with Gasteiger partial charge in [0, 0.05) is 36.3 Å². The van der Waals surface area contributed by atoms with Gasteiger partial charge < -0.3 is 14.3 Å². The zero-order valence-corrected chi connectivity index (χ0v) is 24.6. The van der Waals surface area contributed by atoms with Crippen molar-refractivity contribution in [2.75, 3.05) is 26.5 Å². The summed E-state index contributed by atoms with van der Waals surface area (Å²) >= 11 is 0. The van der Waals surface area contributed by atoms with E-state index in [-0.39, 0.29) is 10.8 Å². The van der Waals surface area contributed by atoms with Gasteiger partial charge in [-0.3, -0.25) is 9.69 Å². The molecule has 0 aliphatic carbocycles. The Kier molecular flexibility index (Phi) is 6.95. The molecule has 1 aliphatic rings. The monoisotopic (exact) mass is 570 g/mol. The second-order valence-corrected chi connectivity index (χ2v) is 13.4. The first-order valence-electron chi connectivity index (χ1n) is 13.8. The van der Waals surface area contributed by atoms with E-state index in [4.69, 9.17) is 4.74 Å². The molecule has 0 spiro atoms. The first kappa shape index (κ1) is 27.2. The van der Waals surface area contributed by atoms with Gasteiger partial charge in [0.25, 0.3) is 5.56 Å². The highest BCUT2D eigenvalue weighted by molar-refractivity contribution is 7.91. The van der Waals surface area contributed by atoms with Gasteiger partial charge >= 0.3 is 0 Å². The van der Waals surface area contributed by atoms with Crippen LogP contribution >= 0.6 is 0 Å². The van der Waals surface area contributed by atoms with Gasteiger partial charge in [-0.15, -0.1) is 0 Å². The number of nitrogens with zero attached hydrogens (tertiary/aromatic N) is 3. The average Bonchev–Trinajstić information content (AvgIpc) is 3.41. The maximum atomic E-state index is 13.4. The van der Waals surface area contributed by atoms with Crippen LogP contribution in [0.2, 0.25) is 0 Å². The molecule has 0 atom stereocenters. The van der Waals surface area contributed by atoms with Gasteiger partial charge in [0.15, 0.2) is 0 Å². The number of likely N-dealkylation sites (tertiary alicyclic amines) is 1. The third kappa shape index (κ3) is 5.04. The van der Waals surface area contributed by atoms with Crippen LogP contribution in [0, 0.1) is 6.92 Å². The van der Waals surface area contributed by atoms with Crippen LogP contribution in [0.5, 0.6) is 5.75 Å². The van der Waals surface area contributed by atoms with Crippen LogP contribution < -0.4 is 10.3 Å². The molecular formula is C32H34N4O4S. The Morgan fingerprint density at radius 1 is 1.02 bits per heavy atom. The minimum Gasteiger partial charge on any atom is -0.497 e. The fourth-order valence-corrected chi connectivity index (χ4v) is 7.14. The van der Waals surface area contributed by atoms with Crippen LogP contribution in [0.25, 0.3) is 44.3 Å². The average molecular weight is 571 g/mol. The van der Waals surface area contributed by atoms with Crippen molar-refractivity contribution in [1.29, 1.82) is 0 Å². The van der Waals surface area contributed by atoms with Gasteiger partial charge in [-0.25, -0.2) is 13.4 Å². The van der Waals surface area contributed by atoms with Gasteiger partial charge in [-0.2, -0.15) is 0 Å². The molecule has 9 heteroatoms. The van der Waals surface area contributed by atoms with E-state index in [0.29, 0.717) is 18.4 Å². The maximum absolute atomic E-state index is 13.4. The van der Waals surface area contributed by atoms with Crippen LogP contribution in [-0.4, -0.2) is 59.6 Å². The fourth-order valence-electron chi connectivity index (χ4n) is 6.07. The Morgan fingerprint density at radius 2 is 1.68 bits per heavy atom. The standard InChI is InChI=1S/C32H34N4O4S/c1-20-29(23-9-11-24(40-3)12-10-23)32(37)35(2)28-18-33-31-26(30(20)28)17-27(34-31)22-7-5-21(6-8-22)19-36-15-13-25(14-16-36)41(4,38)39/h5-12,17-18,25H,13-16,19H2,1-4H3,(H,33,34). The predicted octanol–water partition coefficient (Wildman–Crippen LogP) is 5.07. The summed E-state index contributed by atoms with van der Waals surface area (Å²) in [5.74, 6) is 0.744. The number of fused-ring (bicyclic) bond motifs is 3. The summed E-state index contributed by atoms with van der Waals surface area (Å²) in [4.78, 5) is 23.9. The second kappa shape index (κ2) is 10.5. The molecular weight excluding hydrogens is 536 g/mol. The van der Waals surface area contributed by atoms with Crippen molar-refractivity contribution in [2.45, 2.75) is 31.6 Å². The Bertz CT molecular complexity index is 1920. The number of benzene rings is 2. The van der Waals surface area contributed by atoms with Gasteiger partial charge in [-0.05, 0) is 73.3 Å². The van der Waals surface area contributed by atoms with Crippen LogP contribution in [-0.2, 0) is 23.4 Å². The van der Waals surface area contributed by atoms with E-state index in [2.05, 4.69) is 45.2 Å². The highest BCUT2D eigenvalue weighted by atomic mass is 32.2. The minimum atomic E-state index is -2.97. The third-order valence-electron chi connectivity index (χ3n) is 8.46. The molecule has 0 radical (unpaired) electrons. The molecule has 4 heterocycles. The van der Waals surface area contributed by atoms with Crippen molar-refractivity contribution in [3.8, 4) is 28.1 Å². The number of piperidine rings is 1. The van der Waals surface area contributed by atoms with E-state index in [1.807, 2.05) is 31.2 Å². The van der Waals surface area contributed by atoms with E-state index in [1.54, 1.807) is 24.9 Å². The number of hydrogen-bond acceptors (Lipinski definition) is 6. The SMILES string of the molecule is COc1ccc(-c2c(C)c3c4cc(-c5ccc(CN6CCC(S(C)(=O)=O)CC6)cc5)[nH]c4ncc3n(C)c2=O)cc1. The van der Waals surface area contributed by atoms with E-state index < -0.39 is 9.84 Å². The summed E-state index contributed by atoms with van der Waals surface area (Å²) in [5, 5.41) is 1.75. The lowest BCUT2D eigenvalue weighted by Gasteiger charge is -2.31. The number of H-pyrrole nitrogens is 1. The molecule has 0 bridgehead atoms. The number of sulfone groups is 1. The Morgan fingerprint density at radius 3 is 2.32 bits per heavy atom. The Balaban J connectivity index is 1.32. The normalized spacial score (nSPS) is 15.1. The molecule has 0 amide bonds. The number of pyridine rings is 2. The quantitative estimate of drug-likeness (QED) is 0.306. The highest BCUT2D eigenvalue weighted by Gasteiger charge is 2.26. The molecule has 1 fully saturated rings. The third-order valence-corrected chi connectivity index (χ3v) is 10.1. The van der Waals surface area contributed by atoms with Gasteiger partial charge in [0.05, 0.1) is 29.6 Å². The lowest BCUT2D eigenvalue weighted by Crippen LogP contribution is -2.38. The second-order valence-electron chi connectivity index (χ2n) is 11.1. The van der Waals surface area contributed by atoms with Gasteiger partial charge in [0.1, 0.15) is 21.2 Å². The molecule has 0 saturated carbocycles. The number of methoxy groups -OCH3 is 1. The van der Waals surface area contributed by atoms with E-state index in [9.17, 15) is 13.2 Å². The summed E-state index contributed by atoms with van der Waals surface area (Å²) in [5.41, 5.74) is 7.14. The van der Waals surface area contributed by atoms with Gasteiger partial charge in [-0.1, -0.05) is 36.4 Å². The number of aromatic nitrogens is 3. The van der Waals surface area contributed by atoms with Crippen LogP contribution in [0.4, 0.5) is 0 Å². The molecule has 1 N–H and O–H groups in total. The maximum Gasteiger partial charge on any atom is 0.258 e. The molecule has 41 heavy (non-hydrogen) atoms. The van der Waals surface area contributed by atoms with Crippen molar-refractivity contribution >= 4 is 31.8 Å². The molecule has 1 aliphatic heterocycles. The van der Waals surface area contributed by atoms with Crippen molar-refractivity contribution in [3.05, 3.63) is 82.3 Å². The lowest BCUT2D eigenvalue weighted by molar-refractivity contribution is 0.222. The van der Waals surface area contributed by atoms with Crippen LogP contribution in [0.15, 0.2) is 65.6 Å². The van der Waals surface area contributed by atoms with Crippen molar-refractivity contribution in [3.63, 3.8) is 0 Å². The zero-order chi connectivity index (χ0) is 28.9. The molecule has 1 saturated heterocycles. The fraction of sp³-hybridized carbons (Fsp3) is 0.312. The number of nitrogens with one attached hydrogen (secondary N) is 1. The molecule has 6 rings (SSSR count). The van der Waals surface area contributed by atoms with Crippen molar-refractivity contribution in [2.24, 2.45) is 7.05 Å². The molecule has 0 unspecified atom stereocenters. The number of ether oxygens (including phenoxy) is 1. The predicted molar refractivity (Wildman–Crippen MR) is 164 cm³/mol. The molecule has 212 valence electrons. The molecule has 2 aromatic carbocycles. The minimum absolute atomic E-state index is 0.0618. The first-order valence-corrected chi connectivity index (χ1v) is 15.8. The summed E-state index contributed by atoms with van der Waals surface area (Å²) in [6, 6.07) is 18.2. The molecule has 5 aromatic rings. The molecule has 8 nitrogen and oxygen atoms in total. The van der Waals surface area contributed by atoms with Crippen LogP contribution in [0.1, 0.15) is 24.0 Å². The topological polar surface area (TPSA) is 97.3 Å². The van der Waals surface area contributed by atoms with E-state index in [1.165, 1.54) is 11.8 Å². The van der Waals surface area contributed by atoms with Gasteiger partial charge in [0.2, 0.25) is 0 Å². The number of aryl methyl sites for hydroxylation is 2. The lowest BCUT2D eigenvalue weighted by atomic mass is 9.97. The number of aromatic amines is 1. The highest BCUT2D eigenvalue weighted by Crippen LogP contribution is 2.34. The largest absolute Gasteiger partial charge is 0.497 e. The summed E-state index contributed by atoms with van der Waals surface area (Å²) in [6.07, 6.45) is 4.49. The summed E-state index contributed by atoms with van der Waals surface area (Å²) < 4.78 is 30.7. The first-order chi connectivity index (χ1) is 19.6. The van der Waals surface area contributed by atoms with Crippen LogP contribution in [0.3, 0.4) is 0 Å². The van der Waals surface area contributed by atoms with Crippen molar-refractivity contribution < 1.29 is 13.2 Å². The van der Waals surface area contributed by atoms with E-state index in [0.717, 1.165) is 69.7 Å². The Labute approximate surface area is 239 Å². The smallest absolute Gasteiger partial charge is 0.258 e. The summed E-state index contributed by atoms with van der Waals surface area (Å²) in [6.45, 7) is 4.39. The van der Waals surface area contributed by atoms with E-state index >= 15 is 0 Å². The van der Waals surface area contributed by atoms with Crippen molar-refractivity contribution in [1.82, 2.24) is 19.4 Å².